The van der Waals surface area contributed by atoms with E-state index in [0.29, 0.717) is 0 Å². The molecule has 0 saturated heterocycles. The molecule has 0 bridgehead atoms. The van der Waals surface area contributed by atoms with Crippen LogP contribution in [0.2, 0.25) is 0 Å². The SMILES string of the molecule is CCNC(c1ccc(F)c(F)c1)C1(OC)CCCC1. The lowest BCUT2D eigenvalue weighted by Gasteiger charge is -2.37. The van der Waals surface area contributed by atoms with E-state index in [1.807, 2.05) is 6.92 Å². The van der Waals surface area contributed by atoms with Gasteiger partial charge in [-0.2, -0.15) is 0 Å². The van der Waals surface area contributed by atoms with Crippen molar-refractivity contribution in [1.29, 1.82) is 0 Å². The quantitative estimate of drug-likeness (QED) is 0.882. The molecule has 2 nitrogen and oxygen atoms in total. The highest BCUT2D eigenvalue weighted by Gasteiger charge is 2.42. The van der Waals surface area contributed by atoms with Crippen molar-refractivity contribution in [2.24, 2.45) is 0 Å². The Morgan fingerprint density at radius 2 is 1.95 bits per heavy atom. The van der Waals surface area contributed by atoms with Crippen molar-refractivity contribution in [3.8, 4) is 0 Å². The maximum absolute atomic E-state index is 13.5. The van der Waals surface area contributed by atoms with Crippen LogP contribution in [0.25, 0.3) is 0 Å². The van der Waals surface area contributed by atoms with E-state index in [0.717, 1.165) is 37.8 Å². The molecule has 0 radical (unpaired) electrons. The van der Waals surface area contributed by atoms with E-state index in [4.69, 9.17) is 4.74 Å². The third-order valence-corrected chi connectivity index (χ3v) is 4.07. The van der Waals surface area contributed by atoms with Gasteiger partial charge < -0.3 is 10.1 Å². The molecule has 0 aromatic heterocycles. The molecule has 1 N–H and O–H groups in total. The first kappa shape index (κ1) is 14.4. The minimum Gasteiger partial charge on any atom is -0.376 e. The molecule has 0 amide bonds. The summed E-state index contributed by atoms with van der Waals surface area (Å²) < 4.78 is 32.3. The van der Waals surface area contributed by atoms with Gasteiger partial charge in [-0.25, -0.2) is 8.78 Å². The second-order valence-corrected chi connectivity index (χ2v) is 5.14. The highest BCUT2D eigenvalue weighted by atomic mass is 19.2. The summed E-state index contributed by atoms with van der Waals surface area (Å²) in [4.78, 5) is 0. The fourth-order valence-electron chi connectivity index (χ4n) is 3.09. The Kier molecular flexibility index (Phi) is 4.53. The van der Waals surface area contributed by atoms with Crippen LogP contribution in [0, 0.1) is 11.6 Å². The van der Waals surface area contributed by atoms with E-state index in [2.05, 4.69) is 5.32 Å². The van der Waals surface area contributed by atoms with Crippen LogP contribution in [0.4, 0.5) is 8.78 Å². The average molecular weight is 269 g/mol. The smallest absolute Gasteiger partial charge is 0.159 e. The Balaban J connectivity index is 2.35. The van der Waals surface area contributed by atoms with Crippen LogP contribution in [-0.2, 0) is 4.74 Å². The number of hydrogen-bond donors (Lipinski definition) is 1. The number of rotatable bonds is 5. The minimum absolute atomic E-state index is 0.0971. The van der Waals surface area contributed by atoms with Gasteiger partial charge in [0, 0.05) is 7.11 Å². The van der Waals surface area contributed by atoms with Gasteiger partial charge in [0.05, 0.1) is 11.6 Å². The van der Waals surface area contributed by atoms with Crippen molar-refractivity contribution in [3.63, 3.8) is 0 Å². The maximum atomic E-state index is 13.5. The average Bonchev–Trinajstić information content (AvgIpc) is 2.89. The zero-order valence-corrected chi connectivity index (χ0v) is 11.5. The van der Waals surface area contributed by atoms with Crippen molar-refractivity contribution in [2.75, 3.05) is 13.7 Å². The summed E-state index contributed by atoms with van der Waals surface area (Å²) in [6, 6.07) is 4.01. The number of methoxy groups -OCH3 is 1. The summed E-state index contributed by atoms with van der Waals surface area (Å²) in [5.74, 6) is -1.61. The number of halogens is 2. The summed E-state index contributed by atoms with van der Waals surface area (Å²) in [6.07, 6.45) is 4.11. The molecular weight excluding hydrogens is 248 g/mol. The van der Waals surface area contributed by atoms with Crippen LogP contribution in [0.3, 0.4) is 0 Å². The number of nitrogens with one attached hydrogen (secondary N) is 1. The Hall–Kier alpha value is -1.00. The lowest BCUT2D eigenvalue weighted by Crippen LogP contribution is -2.43. The predicted octanol–water partition coefficient (Wildman–Crippen LogP) is 3.57. The van der Waals surface area contributed by atoms with Crippen molar-refractivity contribution < 1.29 is 13.5 Å². The second-order valence-electron chi connectivity index (χ2n) is 5.14. The van der Waals surface area contributed by atoms with Crippen LogP contribution >= 0.6 is 0 Å². The molecule has 2 rings (SSSR count). The molecule has 1 saturated carbocycles. The van der Waals surface area contributed by atoms with Gasteiger partial charge in [-0.15, -0.1) is 0 Å². The normalized spacial score (nSPS) is 19.6. The van der Waals surface area contributed by atoms with Gasteiger partial charge in [-0.05, 0) is 37.1 Å². The van der Waals surface area contributed by atoms with Crippen LogP contribution in [0.15, 0.2) is 18.2 Å². The molecule has 1 aromatic rings. The van der Waals surface area contributed by atoms with Crippen LogP contribution < -0.4 is 5.32 Å². The summed E-state index contributed by atoms with van der Waals surface area (Å²) in [5.41, 5.74) is 0.449. The fraction of sp³-hybridized carbons (Fsp3) is 0.600. The van der Waals surface area contributed by atoms with Crippen molar-refractivity contribution >= 4 is 0 Å². The monoisotopic (exact) mass is 269 g/mol. The van der Waals surface area contributed by atoms with E-state index in [-0.39, 0.29) is 11.6 Å². The number of likely N-dealkylation sites (N-methyl/N-ethyl adjacent to an activating group) is 1. The number of benzene rings is 1. The maximum Gasteiger partial charge on any atom is 0.159 e. The summed E-state index contributed by atoms with van der Waals surface area (Å²) >= 11 is 0. The molecule has 1 unspecified atom stereocenters. The molecule has 1 fully saturated rings. The highest BCUT2D eigenvalue weighted by molar-refractivity contribution is 5.25. The molecule has 1 aromatic carbocycles. The molecule has 1 atom stereocenters. The molecule has 0 aliphatic heterocycles. The van der Waals surface area contributed by atoms with Gasteiger partial charge >= 0.3 is 0 Å². The summed E-state index contributed by atoms with van der Waals surface area (Å²) in [6.45, 7) is 2.76. The van der Waals surface area contributed by atoms with Crippen LogP contribution in [0.1, 0.15) is 44.2 Å². The number of ether oxygens (including phenoxy) is 1. The van der Waals surface area contributed by atoms with Gasteiger partial charge in [0.15, 0.2) is 11.6 Å². The summed E-state index contributed by atoms with van der Waals surface area (Å²) in [5, 5.41) is 3.37. The predicted molar refractivity (Wildman–Crippen MR) is 71.0 cm³/mol. The third kappa shape index (κ3) is 2.79. The van der Waals surface area contributed by atoms with Gasteiger partial charge in [0.2, 0.25) is 0 Å². The molecule has 0 heterocycles. The zero-order chi connectivity index (χ0) is 13.9. The van der Waals surface area contributed by atoms with E-state index >= 15 is 0 Å². The topological polar surface area (TPSA) is 21.3 Å². The molecule has 106 valence electrons. The van der Waals surface area contributed by atoms with Crippen LogP contribution in [0.5, 0.6) is 0 Å². The molecule has 1 aliphatic carbocycles. The third-order valence-electron chi connectivity index (χ3n) is 4.07. The Morgan fingerprint density at radius 3 is 2.47 bits per heavy atom. The van der Waals surface area contributed by atoms with Gasteiger partial charge in [0.1, 0.15) is 0 Å². The molecule has 1 aliphatic rings. The largest absolute Gasteiger partial charge is 0.376 e. The minimum atomic E-state index is -0.808. The van der Waals surface area contributed by atoms with E-state index in [9.17, 15) is 8.78 Å². The number of hydrogen-bond acceptors (Lipinski definition) is 2. The standard InChI is InChI=1S/C15H21F2NO/c1-3-18-14(15(19-2)8-4-5-9-15)11-6-7-12(16)13(17)10-11/h6-7,10,14,18H,3-5,8-9H2,1-2H3. The van der Waals surface area contributed by atoms with E-state index in [1.165, 1.54) is 12.1 Å². The van der Waals surface area contributed by atoms with E-state index in [1.54, 1.807) is 13.2 Å². The van der Waals surface area contributed by atoms with Gasteiger partial charge in [0.25, 0.3) is 0 Å². The van der Waals surface area contributed by atoms with Crippen molar-refractivity contribution in [3.05, 3.63) is 35.4 Å². The van der Waals surface area contributed by atoms with Crippen molar-refractivity contribution in [1.82, 2.24) is 5.32 Å². The van der Waals surface area contributed by atoms with E-state index < -0.39 is 11.6 Å². The van der Waals surface area contributed by atoms with Crippen molar-refractivity contribution in [2.45, 2.75) is 44.2 Å². The first-order valence-corrected chi connectivity index (χ1v) is 6.86. The molecule has 19 heavy (non-hydrogen) atoms. The Morgan fingerprint density at radius 1 is 1.26 bits per heavy atom. The first-order valence-electron chi connectivity index (χ1n) is 6.86. The zero-order valence-electron chi connectivity index (χ0n) is 11.5. The molecule has 4 heteroatoms. The lowest BCUT2D eigenvalue weighted by atomic mass is 9.86. The Labute approximate surface area is 113 Å². The lowest BCUT2D eigenvalue weighted by molar-refractivity contribution is -0.0365. The van der Waals surface area contributed by atoms with Crippen LogP contribution in [-0.4, -0.2) is 19.3 Å². The van der Waals surface area contributed by atoms with Gasteiger partial charge in [-0.3, -0.25) is 0 Å². The fourth-order valence-corrected chi connectivity index (χ4v) is 3.09. The summed E-state index contributed by atoms with van der Waals surface area (Å²) in [7, 11) is 1.70. The first-order chi connectivity index (χ1) is 9.13. The van der Waals surface area contributed by atoms with Gasteiger partial charge in [-0.1, -0.05) is 25.8 Å². The Bertz CT molecular complexity index is 430. The second kappa shape index (κ2) is 5.97. The molecule has 0 spiro atoms. The highest BCUT2D eigenvalue weighted by Crippen LogP contribution is 2.42. The molecular formula is C15H21F2NO.